The molecule has 1 atom stereocenters. The number of carbonyl (C=O) groups is 2. The van der Waals surface area contributed by atoms with Crippen LogP contribution in [-0.2, 0) is 4.79 Å². The predicted molar refractivity (Wildman–Crippen MR) is 112 cm³/mol. The molecule has 2 amide bonds. The van der Waals surface area contributed by atoms with E-state index in [9.17, 15) is 9.59 Å². The number of benzene rings is 1. The summed E-state index contributed by atoms with van der Waals surface area (Å²) in [6.45, 7) is 2.94. The molecular weight excluding hydrogens is 387 g/mol. The number of piperidine rings is 1. The SMILES string of the molecule is Cc1cccc(NC(=O)C2CCCN(C(=O)c3cccc(N)c3)C2)n1.Cl.Cl. The van der Waals surface area contributed by atoms with Gasteiger partial charge in [-0.25, -0.2) is 4.98 Å². The number of nitrogens with one attached hydrogen (secondary N) is 1. The van der Waals surface area contributed by atoms with Crippen molar-refractivity contribution in [2.24, 2.45) is 5.92 Å². The van der Waals surface area contributed by atoms with Crippen LogP contribution in [0, 0.1) is 12.8 Å². The molecule has 0 spiro atoms. The zero-order valence-electron chi connectivity index (χ0n) is 15.1. The van der Waals surface area contributed by atoms with Crippen LogP contribution >= 0.6 is 24.8 Å². The summed E-state index contributed by atoms with van der Waals surface area (Å²) in [5.41, 5.74) is 7.72. The van der Waals surface area contributed by atoms with Crippen LogP contribution in [0.3, 0.4) is 0 Å². The molecular formula is C19H24Cl2N4O2. The number of nitrogens with zero attached hydrogens (tertiary/aromatic N) is 2. The van der Waals surface area contributed by atoms with E-state index in [0.29, 0.717) is 30.2 Å². The predicted octanol–water partition coefficient (Wildman–Crippen LogP) is 3.31. The van der Waals surface area contributed by atoms with Crippen LogP contribution < -0.4 is 11.1 Å². The zero-order valence-corrected chi connectivity index (χ0v) is 16.7. The second-order valence-corrected chi connectivity index (χ2v) is 6.37. The molecule has 8 heteroatoms. The monoisotopic (exact) mass is 410 g/mol. The molecule has 1 unspecified atom stereocenters. The van der Waals surface area contributed by atoms with E-state index in [1.807, 2.05) is 19.1 Å². The van der Waals surface area contributed by atoms with Gasteiger partial charge >= 0.3 is 0 Å². The number of carbonyl (C=O) groups excluding carboxylic acids is 2. The third-order valence-electron chi connectivity index (χ3n) is 4.35. The largest absolute Gasteiger partial charge is 0.399 e. The molecule has 3 rings (SSSR count). The van der Waals surface area contributed by atoms with Crippen LogP contribution in [0.4, 0.5) is 11.5 Å². The molecule has 0 aliphatic carbocycles. The van der Waals surface area contributed by atoms with Crippen molar-refractivity contribution >= 4 is 48.1 Å². The van der Waals surface area contributed by atoms with Gasteiger partial charge in [0.2, 0.25) is 5.91 Å². The highest BCUT2D eigenvalue weighted by Crippen LogP contribution is 2.21. The van der Waals surface area contributed by atoms with E-state index in [-0.39, 0.29) is 42.5 Å². The second-order valence-electron chi connectivity index (χ2n) is 6.37. The summed E-state index contributed by atoms with van der Waals surface area (Å²) in [5, 5.41) is 2.85. The lowest BCUT2D eigenvalue weighted by Crippen LogP contribution is -2.43. The number of pyridine rings is 1. The number of rotatable bonds is 3. The lowest BCUT2D eigenvalue weighted by molar-refractivity contribution is -0.121. The highest BCUT2D eigenvalue weighted by molar-refractivity contribution is 5.96. The lowest BCUT2D eigenvalue weighted by Gasteiger charge is -2.32. The van der Waals surface area contributed by atoms with Gasteiger partial charge in [-0.05, 0) is 50.1 Å². The Morgan fingerprint density at radius 3 is 2.63 bits per heavy atom. The summed E-state index contributed by atoms with van der Waals surface area (Å²) in [5.74, 6) is 0.131. The van der Waals surface area contributed by atoms with Gasteiger partial charge in [-0.1, -0.05) is 12.1 Å². The number of aromatic nitrogens is 1. The number of hydrogen-bond acceptors (Lipinski definition) is 4. The van der Waals surface area contributed by atoms with Gasteiger partial charge in [0.15, 0.2) is 0 Å². The summed E-state index contributed by atoms with van der Waals surface area (Å²) in [6, 6.07) is 12.4. The number of nitrogens with two attached hydrogens (primary N) is 1. The van der Waals surface area contributed by atoms with E-state index >= 15 is 0 Å². The summed E-state index contributed by atoms with van der Waals surface area (Å²) >= 11 is 0. The van der Waals surface area contributed by atoms with E-state index < -0.39 is 0 Å². The van der Waals surface area contributed by atoms with Crippen molar-refractivity contribution in [1.82, 2.24) is 9.88 Å². The summed E-state index contributed by atoms with van der Waals surface area (Å²) in [7, 11) is 0. The average Bonchev–Trinajstić information content (AvgIpc) is 2.61. The maximum absolute atomic E-state index is 12.6. The Bertz CT molecular complexity index is 801. The minimum absolute atomic E-state index is 0. The zero-order chi connectivity index (χ0) is 17.8. The first-order valence-electron chi connectivity index (χ1n) is 8.42. The smallest absolute Gasteiger partial charge is 0.253 e. The fourth-order valence-electron chi connectivity index (χ4n) is 3.07. The van der Waals surface area contributed by atoms with Crippen molar-refractivity contribution in [2.45, 2.75) is 19.8 Å². The minimum Gasteiger partial charge on any atom is -0.399 e. The van der Waals surface area contributed by atoms with Crippen molar-refractivity contribution in [3.05, 3.63) is 53.7 Å². The third kappa shape index (κ3) is 5.84. The maximum Gasteiger partial charge on any atom is 0.253 e. The molecule has 0 bridgehead atoms. The molecule has 3 N–H and O–H groups in total. The van der Waals surface area contributed by atoms with E-state index in [4.69, 9.17) is 5.73 Å². The van der Waals surface area contributed by atoms with E-state index in [0.717, 1.165) is 18.5 Å². The molecule has 0 saturated carbocycles. The number of aryl methyl sites for hydroxylation is 1. The molecule has 0 radical (unpaired) electrons. The van der Waals surface area contributed by atoms with Crippen LogP contribution in [0.5, 0.6) is 0 Å². The van der Waals surface area contributed by atoms with Crippen molar-refractivity contribution < 1.29 is 9.59 Å². The highest BCUT2D eigenvalue weighted by Gasteiger charge is 2.29. The number of likely N-dealkylation sites (tertiary alicyclic amines) is 1. The van der Waals surface area contributed by atoms with Gasteiger partial charge in [0.1, 0.15) is 5.82 Å². The molecule has 1 fully saturated rings. The summed E-state index contributed by atoms with van der Waals surface area (Å²) < 4.78 is 0. The molecule has 146 valence electrons. The van der Waals surface area contributed by atoms with Crippen LogP contribution in [0.25, 0.3) is 0 Å². The van der Waals surface area contributed by atoms with Crippen molar-refractivity contribution in [1.29, 1.82) is 0 Å². The Morgan fingerprint density at radius 2 is 1.93 bits per heavy atom. The molecule has 1 saturated heterocycles. The normalized spacial score (nSPS) is 15.9. The second kappa shape index (κ2) is 10.1. The molecule has 27 heavy (non-hydrogen) atoms. The van der Waals surface area contributed by atoms with Gasteiger partial charge in [0.25, 0.3) is 5.91 Å². The Kier molecular flexibility index (Phi) is 8.53. The first kappa shape index (κ1) is 22.7. The van der Waals surface area contributed by atoms with Gasteiger partial charge in [0.05, 0.1) is 5.92 Å². The van der Waals surface area contributed by atoms with Gasteiger partial charge in [0, 0.05) is 30.0 Å². The summed E-state index contributed by atoms with van der Waals surface area (Å²) in [6.07, 6.45) is 1.56. The molecule has 1 aromatic heterocycles. The number of anilines is 2. The van der Waals surface area contributed by atoms with Crippen LogP contribution in [0.15, 0.2) is 42.5 Å². The average molecular weight is 411 g/mol. The third-order valence-corrected chi connectivity index (χ3v) is 4.35. The topological polar surface area (TPSA) is 88.3 Å². The first-order chi connectivity index (χ1) is 12.0. The van der Waals surface area contributed by atoms with E-state index in [1.54, 1.807) is 35.2 Å². The quantitative estimate of drug-likeness (QED) is 0.759. The van der Waals surface area contributed by atoms with Crippen LogP contribution in [0.1, 0.15) is 28.9 Å². The molecule has 6 nitrogen and oxygen atoms in total. The van der Waals surface area contributed by atoms with Crippen molar-refractivity contribution in [3.63, 3.8) is 0 Å². The van der Waals surface area contributed by atoms with Gasteiger partial charge in [-0.15, -0.1) is 24.8 Å². The van der Waals surface area contributed by atoms with Crippen molar-refractivity contribution in [2.75, 3.05) is 24.1 Å². The molecule has 2 heterocycles. The first-order valence-corrected chi connectivity index (χ1v) is 8.42. The fourth-order valence-corrected chi connectivity index (χ4v) is 3.07. The van der Waals surface area contributed by atoms with Crippen LogP contribution in [0.2, 0.25) is 0 Å². The van der Waals surface area contributed by atoms with E-state index in [2.05, 4.69) is 10.3 Å². The van der Waals surface area contributed by atoms with Gasteiger partial charge in [-0.3, -0.25) is 9.59 Å². The Balaban J connectivity index is 0.00000182. The molecule has 2 aromatic rings. The Labute approximate surface area is 171 Å². The van der Waals surface area contributed by atoms with E-state index in [1.165, 1.54) is 0 Å². The Hall–Kier alpha value is -2.31. The molecule has 1 aromatic carbocycles. The highest BCUT2D eigenvalue weighted by atomic mass is 35.5. The molecule has 1 aliphatic rings. The summed E-state index contributed by atoms with van der Waals surface area (Å²) in [4.78, 5) is 31.2. The van der Waals surface area contributed by atoms with Crippen molar-refractivity contribution in [3.8, 4) is 0 Å². The fraction of sp³-hybridized carbons (Fsp3) is 0.316. The minimum atomic E-state index is -0.235. The lowest BCUT2D eigenvalue weighted by atomic mass is 9.96. The van der Waals surface area contributed by atoms with Gasteiger partial charge in [-0.2, -0.15) is 0 Å². The maximum atomic E-state index is 12.6. The molecule has 1 aliphatic heterocycles. The standard InChI is InChI=1S/C19H22N4O2.2ClH/c1-13-5-2-9-17(21-13)22-18(24)15-7-4-10-23(12-15)19(25)14-6-3-8-16(20)11-14;;/h2-3,5-6,8-9,11,15H,4,7,10,12,20H2,1H3,(H,21,22,24);2*1H. The van der Waals surface area contributed by atoms with Gasteiger partial charge < -0.3 is 16.0 Å². The Morgan fingerprint density at radius 1 is 1.19 bits per heavy atom. The number of hydrogen-bond donors (Lipinski definition) is 2. The number of nitrogen functional groups attached to an aromatic ring is 1. The number of amides is 2. The number of halogens is 2. The van der Waals surface area contributed by atoms with Crippen LogP contribution in [-0.4, -0.2) is 34.8 Å².